The Morgan fingerprint density at radius 1 is 1.08 bits per heavy atom. The van der Waals surface area contributed by atoms with E-state index in [2.05, 4.69) is 27.9 Å². The fraction of sp³-hybridized carbons (Fsp3) is 0.263. The summed E-state index contributed by atoms with van der Waals surface area (Å²) in [4.78, 5) is 25.8. The number of benzene rings is 2. The lowest BCUT2D eigenvalue weighted by Crippen LogP contribution is -2.26. The Labute approximate surface area is 156 Å². The smallest absolute Gasteiger partial charge is 0.226 e. The summed E-state index contributed by atoms with van der Waals surface area (Å²) in [6.45, 7) is 1.97. The van der Waals surface area contributed by atoms with Gasteiger partial charge in [-0.05, 0) is 71.8 Å². The first-order valence-electron chi connectivity index (χ1n) is 7.85. The summed E-state index contributed by atoms with van der Waals surface area (Å²) in [5.41, 5.74) is 2.73. The average Bonchev–Trinajstić information content (AvgIpc) is 2.57. The van der Waals surface area contributed by atoms with Crippen LogP contribution < -0.4 is 10.2 Å². The highest BCUT2D eigenvalue weighted by atomic mass is 127. The predicted octanol–water partition coefficient (Wildman–Crippen LogP) is 4.37. The molecule has 2 aromatic carbocycles. The van der Waals surface area contributed by atoms with Gasteiger partial charge in [-0.15, -0.1) is 0 Å². The van der Waals surface area contributed by atoms with E-state index in [1.807, 2.05) is 55.5 Å². The standard InChI is InChI=1S/C19H21IN2O2/c1-14-13-15(20)11-12-17(14)21-18(23)9-6-10-19(24)22(2)16-7-4-3-5-8-16/h3-5,7-8,11-13H,6,9-10H2,1-2H3,(H,21,23). The third kappa shape index (κ3) is 5.33. The number of halogens is 1. The van der Waals surface area contributed by atoms with Crippen molar-refractivity contribution < 1.29 is 9.59 Å². The Balaban J connectivity index is 1.79. The van der Waals surface area contributed by atoms with Crippen LogP contribution in [0.25, 0.3) is 0 Å². The maximum absolute atomic E-state index is 12.2. The van der Waals surface area contributed by atoms with Gasteiger partial charge in [0.25, 0.3) is 0 Å². The molecule has 1 N–H and O–H groups in total. The van der Waals surface area contributed by atoms with Crippen LogP contribution in [-0.4, -0.2) is 18.9 Å². The molecule has 0 aliphatic rings. The van der Waals surface area contributed by atoms with Gasteiger partial charge >= 0.3 is 0 Å². The minimum absolute atomic E-state index is 0.0134. The summed E-state index contributed by atoms with van der Waals surface area (Å²) < 4.78 is 1.14. The number of amides is 2. The van der Waals surface area contributed by atoms with Crippen LogP contribution in [0.4, 0.5) is 11.4 Å². The zero-order valence-electron chi connectivity index (χ0n) is 13.9. The average molecular weight is 436 g/mol. The monoisotopic (exact) mass is 436 g/mol. The Hall–Kier alpha value is -1.89. The molecule has 0 aromatic heterocycles. The van der Waals surface area contributed by atoms with E-state index in [0.717, 1.165) is 20.5 Å². The Kier molecular flexibility index (Phi) is 6.78. The van der Waals surface area contributed by atoms with Crippen molar-refractivity contribution in [2.75, 3.05) is 17.3 Å². The fourth-order valence-corrected chi connectivity index (χ4v) is 2.99. The van der Waals surface area contributed by atoms with Gasteiger partial charge < -0.3 is 10.2 Å². The third-order valence-electron chi connectivity index (χ3n) is 3.77. The number of nitrogens with one attached hydrogen (secondary N) is 1. The van der Waals surface area contributed by atoms with Gasteiger partial charge in [0, 0.05) is 34.8 Å². The Morgan fingerprint density at radius 2 is 1.79 bits per heavy atom. The maximum Gasteiger partial charge on any atom is 0.226 e. The topological polar surface area (TPSA) is 49.4 Å². The van der Waals surface area contributed by atoms with Crippen molar-refractivity contribution in [3.8, 4) is 0 Å². The molecule has 0 fully saturated rings. The van der Waals surface area contributed by atoms with Crippen LogP contribution in [0.3, 0.4) is 0 Å². The van der Waals surface area contributed by atoms with Crippen LogP contribution in [0.1, 0.15) is 24.8 Å². The van der Waals surface area contributed by atoms with Crippen LogP contribution in [0.15, 0.2) is 48.5 Å². The number of rotatable bonds is 6. The van der Waals surface area contributed by atoms with E-state index in [1.165, 1.54) is 0 Å². The molecule has 4 nitrogen and oxygen atoms in total. The lowest BCUT2D eigenvalue weighted by Gasteiger charge is -2.17. The molecule has 0 unspecified atom stereocenters. The van der Waals surface area contributed by atoms with E-state index in [0.29, 0.717) is 19.3 Å². The Morgan fingerprint density at radius 3 is 2.46 bits per heavy atom. The first-order chi connectivity index (χ1) is 11.5. The third-order valence-corrected chi connectivity index (χ3v) is 4.45. The lowest BCUT2D eigenvalue weighted by atomic mass is 10.1. The largest absolute Gasteiger partial charge is 0.326 e. The molecule has 0 heterocycles. The molecule has 0 bridgehead atoms. The molecule has 0 aliphatic carbocycles. The summed E-state index contributed by atoms with van der Waals surface area (Å²) >= 11 is 2.24. The zero-order valence-corrected chi connectivity index (χ0v) is 16.0. The number of carbonyl (C=O) groups excluding carboxylic acids is 2. The maximum atomic E-state index is 12.2. The molecule has 0 aliphatic heterocycles. The molecule has 2 aromatic rings. The van der Waals surface area contributed by atoms with E-state index in [4.69, 9.17) is 0 Å². The molecular formula is C19H21IN2O2. The second kappa shape index (κ2) is 8.82. The highest BCUT2D eigenvalue weighted by Gasteiger charge is 2.12. The number of para-hydroxylation sites is 1. The van der Waals surface area contributed by atoms with Crippen molar-refractivity contribution >= 4 is 45.8 Å². The molecule has 126 valence electrons. The van der Waals surface area contributed by atoms with E-state index in [9.17, 15) is 9.59 Å². The minimum Gasteiger partial charge on any atom is -0.326 e. The predicted molar refractivity (Wildman–Crippen MR) is 106 cm³/mol. The summed E-state index contributed by atoms with van der Waals surface area (Å²) in [5.74, 6) is -0.0473. The molecule has 0 atom stereocenters. The van der Waals surface area contributed by atoms with E-state index in [-0.39, 0.29) is 11.8 Å². The molecule has 24 heavy (non-hydrogen) atoms. The number of carbonyl (C=O) groups is 2. The molecule has 0 saturated carbocycles. The molecule has 5 heteroatoms. The minimum atomic E-state index is -0.0607. The quantitative estimate of drug-likeness (QED) is 0.684. The second-order valence-electron chi connectivity index (χ2n) is 5.65. The first-order valence-corrected chi connectivity index (χ1v) is 8.93. The highest BCUT2D eigenvalue weighted by Crippen LogP contribution is 2.18. The van der Waals surface area contributed by atoms with Crippen molar-refractivity contribution in [2.24, 2.45) is 0 Å². The van der Waals surface area contributed by atoms with E-state index in [1.54, 1.807) is 11.9 Å². The number of anilines is 2. The zero-order chi connectivity index (χ0) is 17.5. The van der Waals surface area contributed by atoms with Crippen molar-refractivity contribution in [3.63, 3.8) is 0 Å². The highest BCUT2D eigenvalue weighted by molar-refractivity contribution is 14.1. The van der Waals surface area contributed by atoms with Gasteiger partial charge in [-0.3, -0.25) is 9.59 Å². The van der Waals surface area contributed by atoms with Gasteiger partial charge in [0.2, 0.25) is 11.8 Å². The fourth-order valence-electron chi connectivity index (χ4n) is 2.34. The molecule has 0 radical (unpaired) electrons. The number of hydrogen-bond donors (Lipinski definition) is 1. The van der Waals surface area contributed by atoms with Gasteiger partial charge in [-0.25, -0.2) is 0 Å². The normalized spacial score (nSPS) is 10.3. The lowest BCUT2D eigenvalue weighted by molar-refractivity contribution is -0.118. The molecule has 2 rings (SSSR count). The van der Waals surface area contributed by atoms with Gasteiger partial charge in [0.05, 0.1) is 0 Å². The van der Waals surface area contributed by atoms with Crippen molar-refractivity contribution in [1.29, 1.82) is 0 Å². The summed E-state index contributed by atoms with van der Waals surface area (Å²) in [7, 11) is 1.76. The first kappa shape index (κ1) is 18.4. The number of hydrogen-bond acceptors (Lipinski definition) is 2. The molecule has 0 spiro atoms. The van der Waals surface area contributed by atoms with E-state index < -0.39 is 0 Å². The van der Waals surface area contributed by atoms with Crippen LogP contribution in [0.5, 0.6) is 0 Å². The summed E-state index contributed by atoms with van der Waals surface area (Å²) in [6, 6.07) is 15.4. The van der Waals surface area contributed by atoms with Crippen LogP contribution in [0.2, 0.25) is 0 Å². The van der Waals surface area contributed by atoms with Crippen LogP contribution >= 0.6 is 22.6 Å². The van der Waals surface area contributed by atoms with Crippen LogP contribution in [0, 0.1) is 10.5 Å². The SMILES string of the molecule is Cc1cc(I)ccc1NC(=O)CCCC(=O)N(C)c1ccccc1. The summed E-state index contributed by atoms with van der Waals surface area (Å²) in [6.07, 6.45) is 1.22. The molecular weight excluding hydrogens is 415 g/mol. The van der Waals surface area contributed by atoms with Crippen molar-refractivity contribution in [3.05, 3.63) is 57.7 Å². The van der Waals surface area contributed by atoms with Gasteiger partial charge in [-0.1, -0.05) is 18.2 Å². The van der Waals surface area contributed by atoms with Crippen LogP contribution in [-0.2, 0) is 9.59 Å². The van der Waals surface area contributed by atoms with Gasteiger partial charge in [0.1, 0.15) is 0 Å². The van der Waals surface area contributed by atoms with Crippen molar-refractivity contribution in [1.82, 2.24) is 0 Å². The second-order valence-corrected chi connectivity index (χ2v) is 6.89. The van der Waals surface area contributed by atoms with E-state index >= 15 is 0 Å². The summed E-state index contributed by atoms with van der Waals surface area (Å²) in [5, 5.41) is 2.90. The van der Waals surface area contributed by atoms with Gasteiger partial charge in [0.15, 0.2) is 0 Å². The van der Waals surface area contributed by atoms with Crippen molar-refractivity contribution in [2.45, 2.75) is 26.2 Å². The van der Waals surface area contributed by atoms with Gasteiger partial charge in [-0.2, -0.15) is 0 Å². The number of aryl methyl sites for hydroxylation is 1. The molecule has 0 saturated heterocycles. The number of nitrogens with zero attached hydrogens (tertiary/aromatic N) is 1. The Bertz CT molecular complexity index is 717. The molecule has 2 amide bonds.